The van der Waals surface area contributed by atoms with Gasteiger partial charge in [-0.25, -0.2) is 9.59 Å². The molecule has 0 aromatic heterocycles. The van der Waals surface area contributed by atoms with Crippen LogP contribution in [-0.2, 0) is 19.1 Å². The summed E-state index contributed by atoms with van der Waals surface area (Å²) in [5.74, 6) is -0.619. The molecular formula is C31H42O4. The van der Waals surface area contributed by atoms with Gasteiger partial charge in [-0.05, 0) is 67.9 Å². The number of hydrogen-bond acceptors (Lipinski definition) is 4. The lowest BCUT2D eigenvalue weighted by atomic mass is 9.78. The SMILES string of the molecule is CCC1=CC=CC(CC)(OC(=O)C2=C(C(=O)OC3(CC)C=CC=C(CC)C3)C3CCC2C3(C)C)C1. The molecule has 0 heterocycles. The molecule has 0 aromatic carbocycles. The molecule has 0 amide bonds. The molecule has 1 fully saturated rings. The molecule has 1 saturated carbocycles. The fourth-order valence-corrected chi connectivity index (χ4v) is 6.69. The molecule has 4 nitrogen and oxygen atoms in total. The van der Waals surface area contributed by atoms with Crippen LogP contribution in [0, 0.1) is 17.3 Å². The van der Waals surface area contributed by atoms with E-state index >= 15 is 0 Å². The van der Waals surface area contributed by atoms with Gasteiger partial charge in [0.05, 0.1) is 11.1 Å². The highest BCUT2D eigenvalue weighted by molar-refractivity contribution is 6.03. The van der Waals surface area contributed by atoms with E-state index in [0.717, 1.165) is 25.7 Å². The van der Waals surface area contributed by atoms with Crippen LogP contribution in [0.5, 0.6) is 0 Å². The van der Waals surface area contributed by atoms with Gasteiger partial charge in [0, 0.05) is 12.8 Å². The van der Waals surface area contributed by atoms with E-state index in [9.17, 15) is 9.59 Å². The first kappa shape index (κ1) is 25.7. The standard InChI is InChI=1S/C31H42O4/c1-7-21-13-11-17-30(9-3,19-21)34-27(32)25-23-15-16-24(29(23,5)6)26(25)28(33)35-31(10-4)18-12-14-22(8-2)20-31/h11-14,17-18,23-24H,7-10,15-16,19-20H2,1-6H3. The minimum atomic E-state index is -0.650. The maximum atomic E-state index is 13.8. The molecule has 0 aromatic rings. The van der Waals surface area contributed by atoms with Gasteiger partial charge in [-0.1, -0.05) is 77.0 Å². The summed E-state index contributed by atoms with van der Waals surface area (Å²) in [4.78, 5) is 27.7. The molecule has 0 aliphatic heterocycles. The van der Waals surface area contributed by atoms with E-state index in [4.69, 9.17) is 9.47 Å². The summed E-state index contributed by atoms with van der Waals surface area (Å²) in [6, 6.07) is 0. The zero-order valence-electron chi connectivity index (χ0n) is 22.4. The van der Waals surface area contributed by atoms with Gasteiger partial charge >= 0.3 is 11.9 Å². The average Bonchev–Trinajstić information content (AvgIpc) is 3.28. The normalized spacial score (nSPS) is 33.0. The molecule has 0 spiro atoms. The fourth-order valence-electron chi connectivity index (χ4n) is 6.69. The minimum absolute atomic E-state index is 0.0239. The van der Waals surface area contributed by atoms with Crippen LogP contribution < -0.4 is 0 Å². The highest BCUT2D eigenvalue weighted by atomic mass is 16.6. The van der Waals surface area contributed by atoms with Crippen LogP contribution in [0.15, 0.2) is 58.7 Å². The Hall–Kier alpha value is -2.36. The second kappa shape index (κ2) is 9.59. The smallest absolute Gasteiger partial charge is 0.335 e. The molecule has 35 heavy (non-hydrogen) atoms. The topological polar surface area (TPSA) is 52.6 Å². The maximum absolute atomic E-state index is 13.8. The molecule has 4 heteroatoms. The van der Waals surface area contributed by atoms with Crippen LogP contribution in [0.2, 0.25) is 0 Å². The number of allylic oxidation sites excluding steroid dienone is 4. The quantitative estimate of drug-likeness (QED) is 0.343. The largest absolute Gasteiger partial charge is 0.451 e. The van der Waals surface area contributed by atoms with E-state index in [1.165, 1.54) is 11.1 Å². The van der Waals surface area contributed by atoms with Crippen molar-refractivity contribution in [3.8, 4) is 0 Å². The Bertz CT molecular complexity index is 956. The Kier molecular flexibility index (Phi) is 7.05. The Morgan fingerprint density at radius 2 is 1.17 bits per heavy atom. The zero-order chi connectivity index (χ0) is 25.4. The van der Waals surface area contributed by atoms with Crippen LogP contribution in [0.3, 0.4) is 0 Å². The lowest BCUT2D eigenvalue weighted by molar-refractivity contribution is -0.155. The van der Waals surface area contributed by atoms with E-state index in [1.807, 2.05) is 24.3 Å². The Balaban J connectivity index is 1.66. The van der Waals surface area contributed by atoms with Gasteiger partial charge in [0.2, 0.25) is 0 Å². The first-order chi connectivity index (χ1) is 16.6. The predicted molar refractivity (Wildman–Crippen MR) is 140 cm³/mol. The number of esters is 2. The van der Waals surface area contributed by atoms with E-state index in [0.29, 0.717) is 36.8 Å². The zero-order valence-corrected chi connectivity index (χ0v) is 22.4. The highest BCUT2D eigenvalue weighted by Crippen LogP contribution is 2.61. The number of carbonyl (C=O) groups excluding carboxylic acids is 2. The molecule has 4 rings (SSSR count). The predicted octanol–water partition coefficient (Wildman–Crippen LogP) is 7.33. The molecule has 4 aliphatic rings. The second-order valence-corrected chi connectivity index (χ2v) is 11.4. The van der Waals surface area contributed by atoms with Crippen molar-refractivity contribution < 1.29 is 19.1 Å². The van der Waals surface area contributed by atoms with Crippen LogP contribution in [0.25, 0.3) is 0 Å². The van der Waals surface area contributed by atoms with Gasteiger partial charge in [-0.15, -0.1) is 0 Å². The molecule has 0 radical (unpaired) electrons. The molecule has 4 unspecified atom stereocenters. The van der Waals surface area contributed by atoms with Gasteiger partial charge in [0.25, 0.3) is 0 Å². The van der Waals surface area contributed by atoms with Crippen LogP contribution in [-0.4, -0.2) is 23.1 Å². The lowest BCUT2D eigenvalue weighted by Gasteiger charge is -2.34. The Morgan fingerprint density at radius 1 is 0.771 bits per heavy atom. The molecule has 0 saturated heterocycles. The molecule has 4 aliphatic carbocycles. The van der Waals surface area contributed by atoms with Gasteiger partial charge < -0.3 is 9.47 Å². The van der Waals surface area contributed by atoms with Gasteiger partial charge in [-0.2, -0.15) is 0 Å². The number of carbonyl (C=O) groups is 2. The van der Waals surface area contributed by atoms with Crippen LogP contribution >= 0.6 is 0 Å². The van der Waals surface area contributed by atoms with Crippen molar-refractivity contribution in [2.24, 2.45) is 17.3 Å². The third-order valence-corrected chi connectivity index (χ3v) is 9.18. The summed E-state index contributed by atoms with van der Waals surface area (Å²) >= 11 is 0. The van der Waals surface area contributed by atoms with Crippen molar-refractivity contribution in [3.63, 3.8) is 0 Å². The average molecular weight is 479 g/mol. The number of hydrogen-bond donors (Lipinski definition) is 0. The van der Waals surface area contributed by atoms with E-state index in [-0.39, 0.29) is 29.2 Å². The summed E-state index contributed by atoms with van der Waals surface area (Å²) in [5, 5.41) is 0. The van der Waals surface area contributed by atoms with Gasteiger partial charge in [0.15, 0.2) is 0 Å². The summed E-state index contributed by atoms with van der Waals surface area (Å²) in [6.07, 6.45) is 18.8. The van der Waals surface area contributed by atoms with Crippen molar-refractivity contribution in [2.45, 2.75) is 104 Å². The number of rotatable bonds is 8. The second-order valence-electron chi connectivity index (χ2n) is 11.4. The number of ether oxygens (including phenoxy) is 2. The van der Waals surface area contributed by atoms with Crippen molar-refractivity contribution in [1.29, 1.82) is 0 Å². The molecular weight excluding hydrogens is 436 g/mol. The van der Waals surface area contributed by atoms with Crippen molar-refractivity contribution in [3.05, 3.63) is 58.7 Å². The maximum Gasteiger partial charge on any atom is 0.335 e. The third-order valence-electron chi connectivity index (χ3n) is 9.18. The Morgan fingerprint density at radius 3 is 1.51 bits per heavy atom. The molecule has 4 atom stereocenters. The highest BCUT2D eigenvalue weighted by Gasteiger charge is 2.58. The van der Waals surface area contributed by atoms with Gasteiger partial charge in [0.1, 0.15) is 11.2 Å². The Labute approximate surface area is 211 Å². The number of fused-ring (bicyclic) bond motifs is 2. The van der Waals surface area contributed by atoms with Gasteiger partial charge in [-0.3, -0.25) is 0 Å². The first-order valence-electron chi connectivity index (χ1n) is 13.6. The summed E-state index contributed by atoms with van der Waals surface area (Å²) in [5.41, 5.74) is 2.24. The van der Waals surface area contributed by atoms with E-state index in [2.05, 4.69) is 53.7 Å². The van der Waals surface area contributed by atoms with Crippen LogP contribution in [0.4, 0.5) is 0 Å². The fraction of sp³-hybridized carbons (Fsp3) is 0.613. The molecule has 0 N–H and O–H groups in total. The van der Waals surface area contributed by atoms with E-state index < -0.39 is 11.2 Å². The lowest BCUT2D eigenvalue weighted by Crippen LogP contribution is -2.37. The third kappa shape index (κ3) is 4.49. The van der Waals surface area contributed by atoms with Crippen molar-refractivity contribution in [1.82, 2.24) is 0 Å². The minimum Gasteiger partial charge on any atom is -0.451 e. The summed E-state index contributed by atoms with van der Waals surface area (Å²) in [6.45, 7) is 12.7. The van der Waals surface area contributed by atoms with E-state index in [1.54, 1.807) is 0 Å². The van der Waals surface area contributed by atoms with Crippen LogP contribution in [0.1, 0.15) is 92.9 Å². The monoisotopic (exact) mass is 478 g/mol. The molecule has 2 bridgehead atoms. The summed E-state index contributed by atoms with van der Waals surface area (Å²) in [7, 11) is 0. The van der Waals surface area contributed by atoms with Crippen molar-refractivity contribution in [2.75, 3.05) is 0 Å². The molecule has 190 valence electrons. The van der Waals surface area contributed by atoms with Crippen molar-refractivity contribution >= 4 is 11.9 Å². The summed E-state index contributed by atoms with van der Waals surface area (Å²) < 4.78 is 12.6. The first-order valence-corrected chi connectivity index (χ1v) is 13.6.